The number of aromatic nitrogens is 5. The van der Waals surface area contributed by atoms with Crippen LogP contribution in [0.5, 0.6) is 5.75 Å². The quantitative estimate of drug-likeness (QED) is 0.313. The summed E-state index contributed by atoms with van der Waals surface area (Å²) >= 11 is 1.33. The van der Waals surface area contributed by atoms with Crippen LogP contribution in [0.25, 0.3) is 16.9 Å². The lowest BCUT2D eigenvalue weighted by Crippen LogP contribution is -2.19. The molecule has 4 aromatic heterocycles. The van der Waals surface area contributed by atoms with E-state index < -0.39 is 18.0 Å². The van der Waals surface area contributed by atoms with Crippen LogP contribution >= 0.6 is 11.3 Å². The lowest BCUT2D eigenvalue weighted by atomic mass is 9.90. The maximum atomic E-state index is 13.6. The Kier molecular flexibility index (Phi) is 7.73. The van der Waals surface area contributed by atoms with E-state index in [1.807, 2.05) is 0 Å². The number of halogens is 2. The molecule has 4 aromatic rings. The molecular formula is C27H26F2N6O3S. The summed E-state index contributed by atoms with van der Waals surface area (Å²) in [6.45, 7) is 1.79. The second-order valence-corrected chi connectivity index (χ2v) is 10.4. The van der Waals surface area contributed by atoms with Crippen molar-refractivity contribution in [1.29, 1.82) is 0 Å². The predicted octanol–water partition coefficient (Wildman–Crippen LogP) is 5.70. The van der Waals surface area contributed by atoms with Gasteiger partial charge in [0.05, 0.1) is 18.9 Å². The van der Waals surface area contributed by atoms with E-state index in [9.17, 15) is 18.4 Å². The van der Waals surface area contributed by atoms with Crippen molar-refractivity contribution in [2.24, 2.45) is 0 Å². The van der Waals surface area contributed by atoms with Crippen molar-refractivity contribution in [3.63, 3.8) is 0 Å². The minimum absolute atomic E-state index is 0.0815. The van der Waals surface area contributed by atoms with Crippen molar-refractivity contribution in [3.05, 3.63) is 75.0 Å². The molecule has 1 fully saturated rings. The highest BCUT2D eigenvalue weighted by atomic mass is 32.1. The largest absolute Gasteiger partial charge is 0.494 e. The topological polar surface area (TPSA) is 112 Å². The van der Waals surface area contributed by atoms with Gasteiger partial charge in [0.15, 0.2) is 0 Å². The number of nitrogens with one attached hydrogen (secondary N) is 1. The average molecular weight is 553 g/mol. The highest BCUT2D eigenvalue weighted by molar-refractivity contribution is 7.15. The van der Waals surface area contributed by atoms with Crippen molar-refractivity contribution in [1.82, 2.24) is 24.7 Å². The molecule has 1 saturated carbocycles. The molecule has 39 heavy (non-hydrogen) atoms. The van der Waals surface area contributed by atoms with Gasteiger partial charge >= 0.3 is 0 Å². The van der Waals surface area contributed by atoms with Crippen LogP contribution in [0.1, 0.15) is 71.1 Å². The number of rotatable bonds is 7. The summed E-state index contributed by atoms with van der Waals surface area (Å²) in [4.78, 5) is 34.2. The number of carbonyl (C=O) groups is 1. The third-order valence-electron chi connectivity index (χ3n) is 6.69. The number of methoxy groups -OCH3 is 1. The van der Waals surface area contributed by atoms with Gasteiger partial charge in [0.1, 0.15) is 22.3 Å². The van der Waals surface area contributed by atoms with E-state index in [1.54, 1.807) is 19.2 Å². The van der Waals surface area contributed by atoms with E-state index in [0.29, 0.717) is 11.0 Å². The molecule has 202 valence electrons. The van der Waals surface area contributed by atoms with E-state index in [1.165, 1.54) is 60.0 Å². The molecule has 5 rings (SSSR count). The van der Waals surface area contributed by atoms with Gasteiger partial charge in [-0.1, -0.05) is 30.6 Å². The molecule has 0 aromatic carbocycles. The van der Waals surface area contributed by atoms with Gasteiger partial charge < -0.3 is 4.74 Å². The highest BCUT2D eigenvalue weighted by Crippen LogP contribution is 2.37. The standard InChI is InChI=1S/C27H26F2N6O3S/c1-15-8-9-35(23(36)10-15)22-12-17(18-11-20(24(28)29)30-14-21(18)38-2)19(13-31-22)25(37)32-27-34-33-26(39-27)16-6-4-3-5-7-16/h8-14,16,24H,3-7H2,1-2H3,(H,32,34,37). The van der Waals surface area contributed by atoms with Gasteiger partial charge in [0, 0.05) is 35.5 Å². The van der Waals surface area contributed by atoms with Crippen LogP contribution < -0.4 is 15.6 Å². The minimum atomic E-state index is -2.84. The fourth-order valence-corrected chi connectivity index (χ4v) is 5.57. The molecule has 12 heteroatoms. The van der Waals surface area contributed by atoms with E-state index in [4.69, 9.17) is 4.74 Å². The third-order valence-corrected chi connectivity index (χ3v) is 7.69. The van der Waals surface area contributed by atoms with Gasteiger partial charge in [-0.05, 0) is 43.5 Å². The van der Waals surface area contributed by atoms with E-state index >= 15 is 0 Å². The van der Waals surface area contributed by atoms with Gasteiger partial charge in [-0.25, -0.2) is 13.8 Å². The van der Waals surface area contributed by atoms with Crippen molar-refractivity contribution < 1.29 is 18.3 Å². The van der Waals surface area contributed by atoms with Crippen molar-refractivity contribution in [2.45, 2.75) is 51.4 Å². The predicted molar refractivity (Wildman–Crippen MR) is 143 cm³/mol. The van der Waals surface area contributed by atoms with Gasteiger partial charge in [0.25, 0.3) is 17.9 Å². The number of carbonyl (C=O) groups excluding carboxylic acids is 1. The summed E-state index contributed by atoms with van der Waals surface area (Å²) in [5.41, 5.74) is 0.488. The fraction of sp³-hybridized carbons (Fsp3) is 0.333. The molecular weight excluding hydrogens is 526 g/mol. The maximum Gasteiger partial charge on any atom is 0.280 e. The summed E-state index contributed by atoms with van der Waals surface area (Å²) in [5, 5.41) is 12.4. The Morgan fingerprint density at radius 2 is 1.90 bits per heavy atom. The van der Waals surface area contributed by atoms with Crippen molar-refractivity contribution in [2.75, 3.05) is 12.4 Å². The molecule has 0 radical (unpaired) electrons. The maximum absolute atomic E-state index is 13.6. The minimum Gasteiger partial charge on any atom is -0.494 e. The van der Waals surface area contributed by atoms with Crippen LogP contribution in [0.4, 0.5) is 13.9 Å². The lowest BCUT2D eigenvalue weighted by molar-refractivity contribution is 0.102. The molecule has 0 saturated heterocycles. The summed E-state index contributed by atoms with van der Waals surface area (Å²) in [7, 11) is 1.38. The summed E-state index contributed by atoms with van der Waals surface area (Å²) in [6, 6.07) is 5.85. The van der Waals surface area contributed by atoms with Gasteiger partial charge in [-0.15, -0.1) is 10.2 Å². The van der Waals surface area contributed by atoms with Crippen LogP contribution in [0.3, 0.4) is 0 Å². The Labute approximate surface area is 226 Å². The Bertz CT molecular complexity index is 1570. The van der Waals surface area contributed by atoms with Crippen LogP contribution in [0.15, 0.2) is 47.7 Å². The Morgan fingerprint density at radius 3 is 2.62 bits per heavy atom. The number of alkyl halides is 2. The average Bonchev–Trinajstić information content (AvgIpc) is 3.41. The number of nitrogens with zero attached hydrogens (tertiary/aromatic N) is 5. The molecule has 9 nitrogen and oxygen atoms in total. The Balaban J connectivity index is 1.57. The zero-order valence-corrected chi connectivity index (χ0v) is 22.2. The van der Waals surface area contributed by atoms with Gasteiger partial charge in [0.2, 0.25) is 5.13 Å². The summed E-state index contributed by atoms with van der Waals surface area (Å²) < 4.78 is 33.9. The molecule has 4 heterocycles. The molecule has 1 aliphatic carbocycles. The molecule has 1 amide bonds. The molecule has 0 spiro atoms. The Hall–Kier alpha value is -4.06. The smallest absolute Gasteiger partial charge is 0.280 e. The summed E-state index contributed by atoms with van der Waals surface area (Å²) in [6.07, 6.45) is 6.80. The number of pyridine rings is 3. The first-order valence-electron chi connectivity index (χ1n) is 12.5. The molecule has 0 aliphatic heterocycles. The van der Waals surface area contributed by atoms with E-state index in [0.717, 1.165) is 36.3 Å². The van der Waals surface area contributed by atoms with Gasteiger partial charge in [-0.3, -0.25) is 24.5 Å². The zero-order valence-electron chi connectivity index (χ0n) is 21.4. The molecule has 1 aliphatic rings. The number of anilines is 1. The lowest BCUT2D eigenvalue weighted by Gasteiger charge is -2.18. The third kappa shape index (κ3) is 5.70. The number of ether oxygens (including phenoxy) is 1. The monoisotopic (exact) mass is 552 g/mol. The highest BCUT2D eigenvalue weighted by Gasteiger charge is 2.24. The first-order chi connectivity index (χ1) is 18.8. The number of hydrogen-bond acceptors (Lipinski definition) is 8. The molecule has 1 N–H and O–H groups in total. The number of aryl methyl sites for hydroxylation is 1. The van der Waals surface area contributed by atoms with Crippen LogP contribution in [-0.4, -0.2) is 37.7 Å². The number of hydrogen-bond donors (Lipinski definition) is 1. The molecule has 0 atom stereocenters. The SMILES string of the molecule is COc1cnc(C(F)F)cc1-c1cc(-n2ccc(C)cc2=O)ncc1C(=O)Nc1nnc(C2CCCCC2)s1. The molecule has 0 unspecified atom stereocenters. The zero-order chi connectivity index (χ0) is 27.5. The van der Waals surface area contributed by atoms with E-state index in [-0.39, 0.29) is 33.8 Å². The van der Waals surface area contributed by atoms with Crippen molar-refractivity contribution in [3.8, 4) is 22.7 Å². The fourth-order valence-electron chi connectivity index (χ4n) is 4.66. The van der Waals surface area contributed by atoms with Crippen LogP contribution in [-0.2, 0) is 0 Å². The Morgan fingerprint density at radius 1 is 1.10 bits per heavy atom. The summed E-state index contributed by atoms with van der Waals surface area (Å²) in [5.74, 6) is 0.168. The first-order valence-corrected chi connectivity index (χ1v) is 13.3. The second kappa shape index (κ2) is 11.4. The van der Waals surface area contributed by atoms with Crippen LogP contribution in [0, 0.1) is 6.92 Å². The van der Waals surface area contributed by atoms with Crippen molar-refractivity contribution >= 4 is 22.4 Å². The molecule has 0 bridgehead atoms. The van der Waals surface area contributed by atoms with Gasteiger partial charge in [-0.2, -0.15) is 0 Å². The van der Waals surface area contributed by atoms with E-state index in [2.05, 4.69) is 25.5 Å². The second-order valence-electron chi connectivity index (χ2n) is 9.35. The normalized spacial score (nSPS) is 14.0. The number of amides is 1. The first kappa shape index (κ1) is 26.5. The van der Waals surface area contributed by atoms with Crippen LogP contribution in [0.2, 0.25) is 0 Å².